The van der Waals surface area contributed by atoms with Gasteiger partial charge in [0.25, 0.3) is 0 Å². The molecular weight excluding hydrogens is 184 g/mol. The van der Waals surface area contributed by atoms with Gasteiger partial charge in [0.05, 0.1) is 5.84 Å². The lowest BCUT2D eigenvalue weighted by atomic mass is 9.84. The minimum Gasteiger partial charge on any atom is -0.361 e. The maximum atomic E-state index is 7.95. The van der Waals surface area contributed by atoms with E-state index in [2.05, 4.69) is 25.8 Å². The Labute approximate surface area is 94.6 Å². The zero-order valence-corrected chi connectivity index (χ0v) is 10.6. The summed E-state index contributed by atoms with van der Waals surface area (Å²) in [4.78, 5) is 2.22. The Bertz CT molecular complexity index is 193. The van der Waals surface area contributed by atoms with Gasteiger partial charge in [-0.1, -0.05) is 20.3 Å². The number of hydrogen-bond acceptors (Lipinski definition) is 1. The normalized spacial score (nSPS) is 26.3. The van der Waals surface area contributed by atoms with Crippen molar-refractivity contribution in [2.75, 3.05) is 7.05 Å². The molecule has 1 fully saturated rings. The Balaban J connectivity index is 2.35. The van der Waals surface area contributed by atoms with Crippen LogP contribution in [0.1, 0.15) is 58.8 Å². The third-order valence-electron chi connectivity index (χ3n) is 3.85. The fourth-order valence-electron chi connectivity index (χ4n) is 2.57. The molecule has 0 aromatic carbocycles. The summed E-state index contributed by atoms with van der Waals surface area (Å²) in [6, 6.07) is 0.645. The monoisotopic (exact) mass is 210 g/mol. The lowest BCUT2D eigenvalue weighted by Crippen LogP contribution is -2.38. The van der Waals surface area contributed by atoms with Crippen LogP contribution in [0.4, 0.5) is 0 Å². The zero-order chi connectivity index (χ0) is 11.3. The smallest absolute Gasteiger partial charge is 0.0957 e. The van der Waals surface area contributed by atoms with Crippen molar-refractivity contribution in [1.29, 1.82) is 5.41 Å². The molecule has 15 heavy (non-hydrogen) atoms. The predicted octanol–water partition coefficient (Wildman–Crippen LogP) is 3.66. The molecule has 88 valence electrons. The average Bonchev–Trinajstić information content (AvgIpc) is 2.28. The van der Waals surface area contributed by atoms with Gasteiger partial charge in [-0.15, -0.1) is 0 Å². The molecule has 0 aliphatic heterocycles. The summed E-state index contributed by atoms with van der Waals surface area (Å²) in [5, 5.41) is 7.95. The summed E-state index contributed by atoms with van der Waals surface area (Å²) in [7, 11) is 2.11. The van der Waals surface area contributed by atoms with E-state index in [1.807, 2.05) is 0 Å². The fraction of sp³-hybridized carbons (Fsp3) is 0.923. The van der Waals surface area contributed by atoms with E-state index in [9.17, 15) is 0 Å². The van der Waals surface area contributed by atoms with E-state index >= 15 is 0 Å². The number of nitrogens with zero attached hydrogens (tertiary/aromatic N) is 1. The number of hydrogen-bond donors (Lipinski definition) is 1. The first-order valence-electron chi connectivity index (χ1n) is 6.49. The summed E-state index contributed by atoms with van der Waals surface area (Å²) in [5.74, 6) is 1.78. The minimum atomic E-state index is 0.645. The van der Waals surface area contributed by atoms with E-state index in [4.69, 9.17) is 5.41 Å². The highest BCUT2D eigenvalue weighted by Gasteiger charge is 2.23. The van der Waals surface area contributed by atoms with E-state index < -0.39 is 0 Å². The van der Waals surface area contributed by atoms with Crippen LogP contribution in [-0.4, -0.2) is 23.8 Å². The molecule has 0 aromatic heterocycles. The second kappa shape index (κ2) is 6.14. The molecule has 0 amide bonds. The molecule has 0 unspecified atom stereocenters. The second-order valence-electron chi connectivity index (χ2n) is 4.89. The van der Waals surface area contributed by atoms with Gasteiger partial charge in [0.2, 0.25) is 0 Å². The molecule has 0 aromatic rings. The second-order valence-corrected chi connectivity index (χ2v) is 4.89. The van der Waals surface area contributed by atoms with Crippen LogP contribution in [0.2, 0.25) is 0 Å². The molecule has 1 rings (SSSR count). The lowest BCUT2D eigenvalue weighted by Gasteiger charge is -2.35. The van der Waals surface area contributed by atoms with Gasteiger partial charge in [-0.2, -0.15) is 0 Å². The highest BCUT2D eigenvalue weighted by atomic mass is 15.2. The zero-order valence-electron chi connectivity index (χ0n) is 10.6. The van der Waals surface area contributed by atoms with E-state index in [1.165, 1.54) is 32.1 Å². The van der Waals surface area contributed by atoms with Crippen LogP contribution in [0.25, 0.3) is 0 Å². The SMILES string of the molecule is CCCC(=N)N(C)C1CCC(CC)CC1. The molecular formula is C13H26N2. The van der Waals surface area contributed by atoms with Gasteiger partial charge in [-0.25, -0.2) is 0 Å². The molecule has 1 saturated carbocycles. The molecule has 2 nitrogen and oxygen atoms in total. The van der Waals surface area contributed by atoms with Crippen molar-refractivity contribution in [3.8, 4) is 0 Å². The van der Waals surface area contributed by atoms with Crippen LogP contribution in [0.3, 0.4) is 0 Å². The third-order valence-corrected chi connectivity index (χ3v) is 3.85. The largest absolute Gasteiger partial charge is 0.361 e. The van der Waals surface area contributed by atoms with Crippen LogP contribution in [-0.2, 0) is 0 Å². The Morgan fingerprint density at radius 3 is 2.27 bits per heavy atom. The van der Waals surface area contributed by atoms with E-state index in [0.717, 1.165) is 24.6 Å². The Kier molecular flexibility index (Phi) is 5.13. The van der Waals surface area contributed by atoms with Gasteiger partial charge in [-0.05, 0) is 38.0 Å². The summed E-state index contributed by atoms with van der Waals surface area (Å²) in [6.07, 6.45) is 8.68. The van der Waals surface area contributed by atoms with Crippen LogP contribution >= 0.6 is 0 Å². The van der Waals surface area contributed by atoms with Gasteiger partial charge in [0, 0.05) is 19.5 Å². The van der Waals surface area contributed by atoms with E-state index in [-0.39, 0.29) is 0 Å². The van der Waals surface area contributed by atoms with Crippen molar-refractivity contribution < 1.29 is 0 Å². The Hall–Kier alpha value is -0.530. The summed E-state index contributed by atoms with van der Waals surface area (Å²) in [6.45, 7) is 4.45. The fourth-order valence-corrected chi connectivity index (χ4v) is 2.57. The van der Waals surface area contributed by atoms with Crippen LogP contribution < -0.4 is 0 Å². The van der Waals surface area contributed by atoms with Crippen LogP contribution in [0, 0.1) is 11.3 Å². The molecule has 0 spiro atoms. The molecule has 0 radical (unpaired) electrons. The number of amidine groups is 1. The Morgan fingerprint density at radius 1 is 1.20 bits per heavy atom. The molecule has 1 aliphatic carbocycles. The van der Waals surface area contributed by atoms with Crippen molar-refractivity contribution in [3.63, 3.8) is 0 Å². The van der Waals surface area contributed by atoms with Crippen LogP contribution in [0.5, 0.6) is 0 Å². The first-order valence-corrected chi connectivity index (χ1v) is 6.49. The molecule has 0 saturated heterocycles. The third kappa shape index (κ3) is 3.51. The van der Waals surface area contributed by atoms with Crippen molar-refractivity contribution in [1.82, 2.24) is 4.90 Å². The summed E-state index contributed by atoms with van der Waals surface area (Å²) in [5.41, 5.74) is 0. The van der Waals surface area contributed by atoms with Gasteiger partial charge in [-0.3, -0.25) is 5.41 Å². The molecule has 0 bridgehead atoms. The predicted molar refractivity (Wildman–Crippen MR) is 66.4 cm³/mol. The summed E-state index contributed by atoms with van der Waals surface area (Å²) >= 11 is 0. The average molecular weight is 210 g/mol. The minimum absolute atomic E-state index is 0.645. The van der Waals surface area contributed by atoms with Crippen molar-refractivity contribution in [2.45, 2.75) is 64.8 Å². The van der Waals surface area contributed by atoms with E-state index in [0.29, 0.717) is 6.04 Å². The van der Waals surface area contributed by atoms with Crippen molar-refractivity contribution in [2.24, 2.45) is 5.92 Å². The quantitative estimate of drug-likeness (QED) is 0.556. The number of rotatable bonds is 4. The maximum absolute atomic E-state index is 7.95. The van der Waals surface area contributed by atoms with Gasteiger partial charge in [0.15, 0.2) is 0 Å². The summed E-state index contributed by atoms with van der Waals surface area (Å²) < 4.78 is 0. The lowest BCUT2D eigenvalue weighted by molar-refractivity contribution is 0.223. The maximum Gasteiger partial charge on any atom is 0.0957 e. The van der Waals surface area contributed by atoms with Gasteiger partial charge < -0.3 is 4.90 Å². The van der Waals surface area contributed by atoms with Crippen molar-refractivity contribution >= 4 is 5.84 Å². The van der Waals surface area contributed by atoms with Crippen LogP contribution in [0.15, 0.2) is 0 Å². The molecule has 0 atom stereocenters. The highest BCUT2D eigenvalue weighted by Crippen LogP contribution is 2.29. The molecule has 2 heteroatoms. The first-order chi connectivity index (χ1) is 7.19. The molecule has 0 heterocycles. The topological polar surface area (TPSA) is 27.1 Å². The standard InChI is InChI=1S/C13H26N2/c1-4-6-13(14)15(3)12-9-7-11(5-2)8-10-12/h11-12,14H,4-10H2,1-3H3. The molecule has 1 aliphatic rings. The van der Waals surface area contributed by atoms with Gasteiger partial charge >= 0.3 is 0 Å². The number of nitrogens with one attached hydrogen (secondary N) is 1. The highest BCUT2D eigenvalue weighted by molar-refractivity contribution is 5.79. The molecule has 1 N–H and O–H groups in total. The first kappa shape index (κ1) is 12.5. The Morgan fingerprint density at radius 2 is 1.80 bits per heavy atom. The van der Waals surface area contributed by atoms with Gasteiger partial charge in [0.1, 0.15) is 0 Å². The van der Waals surface area contributed by atoms with E-state index in [1.54, 1.807) is 0 Å². The van der Waals surface area contributed by atoms with Crippen molar-refractivity contribution in [3.05, 3.63) is 0 Å².